The number of benzene rings is 1. The minimum atomic E-state index is -0.889. The van der Waals surface area contributed by atoms with E-state index in [2.05, 4.69) is 0 Å². The number of carbonyl (C=O) groups is 1. The van der Waals surface area contributed by atoms with Gasteiger partial charge >= 0.3 is 5.97 Å². The summed E-state index contributed by atoms with van der Waals surface area (Å²) in [4.78, 5) is 10.8. The van der Waals surface area contributed by atoms with Crippen LogP contribution in [-0.4, -0.2) is 17.2 Å². The van der Waals surface area contributed by atoms with Gasteiger partial charge in [-0.05, 0) is 31.5 Å². The van der Waals surface area contributed by atoms with E-state index < -0.39 is 17.9 Å². The number of nitrogens with two attached hydrogens (primary N) is 1. The van der Waals surface area contributed by atoms with E-state index >= 15 is 0 Å². The largest absolute Gasteiger partial charge is 0.491 e. The van der Waals surface area contributed by atoms with E-state index in [-0.39, 0.29) is 6.10 Å². The summed E-state index contributed by atoms with van der Waals surface area (Å²) in [5, 5.41) is 8.88. The number of aliphatic carboxylic acids is 1. The summed E-state index contributed by atoms with van der Waals surface area (Å²) in [5.74, 6) is -0.731. The lowest BCUT2D eigenvalue weighted by atomic mass is 9.95. The highest BCUT2D eigenvalue weighted by Crippen LogP contribution is 2.22. The molecule has 4 nitrogen and oxygen atoms in total. The first-order valence-electron chi connectivity index (χ1n) is 5.66. The van der Waals surface area contributed by atoms with Crippen molar-refractivity contribution < 1.29 is 14.6 Å². The van der Waals surface area contributed by atoms with Crippen molar-refractivity contribution in [2.45, 2.75) is 32.9 Å². The minimum Gasteiger partial charge on any atom is -0.491 e. The lowest BCUT2D eigenvalue weighted by molar-refractivity contribution is -0.141. The zero-order valence-electron chi connectivity index (χ0n) is 10.4. The molecule has 1 aromatic carbocycles. The molecule has 0 bridgehead atoms. The van der Waals surface area contributed by atoms with Crippen molar-refractivity contribution in [1.29, 1.82) is 0 Å². The first kappa shape index (κ1) is 13.5. The standard InChI is InChI=1S/C13H19NO3/c1-8(2)17-11-6-4-10(5-7-11)12(14)9(3)13(15)16/h4-9,12H,14H2,1-3H3,(H,15,16). The third-order valence-corrected chi connectivity index (χ3v) is 2.56. The molecule has 4 heteroatoms. The van der Waals surface area contributed by atoms with Crippen molar-refractivity contribution >= 4 is 5.97 Å². The Morgan fingerprint density at radius 1 is 1.24 bits per heavy atom. The van der Waals surface area contributed by atoms with E-state index in [0.29, 0.717) is 0 Å². The average Bonchev–Trinajstić information content (AvgIpc) is 2.27. The highest BCUT2D eigenvalue weighted by atomic mass is 16.5. The fourth-order valence-electron chi connectivity index (χ4n) is 1.48. The molecule has 0 saturated carbocycles. The molecule has 0 aliphatic carbocycles. The van der Waals surface area contributed by atoms with Gasteiger partial charge in [-0.15, -0.1) is 0 Å². The quantitative estimate of drug-likeness (QED) is 0.823. The van der Waals surface area contributed by atoms with Gasteiger partial charge in [0, 0.05) is 6.04 Å². The van der Waals surface area contributed by atoms with Gasteiger partial charge in [0.1, 0.15) is 5.75 Å². The van der Waals surface area contributed by atoms with Gasteiger partial charge in [-0.3, -0.25) is 4.79 Å². The molecule has 0 aliphatic rings. The van der Waals surface area contributed by atoms with Crippen LogP contribution < -0.4 is 10.5 Å². The second kappa shape index (κ2) is 5.68. The van der Waals surface area contributed by atoms with Crippen LogP contribution in [0.15, 0.2) is 24.3 Å². The fourth-order valence-corrected chi connectivity index (χ4v) is 1.48. The first-order chi connectivity index (χ1) is 7.91. The highest BCUT2D eigenvalue weighted by molar-refractivity contribution is 5.70. The molecule has 1 rings (SSSR count). The number of hydrogen-bond donors (Lipinski definition) is 2. The van der Waals surface area contributed by atoms with E-state index in [1.165, 1.54) is 0 Å². The number of ether oxygens (including phenoxy) is 1. The number of carboxylic acid groups (broad SMARTS) is 1. The summed E-state index contributed by atoms with van der Waals surface area (Å²) in [6.07, 6.45) is 0.118. The van der Waals surface area contributed by atoms with Crippen LogP contribution in [-0.2, 0) is 4.79 Å². The minimum absolute atomic E-state index is 0.118. The maximum Gasteiger partial charge on any atom is 0.308 e. The Hall–Kier alpha value is -1.55. The predicted octanol–water partition coefficient (Wildman–Crippen LogP) is 2.19. The van der Waals surface area contributed by atoms with Crippen molar-refractivity contribution in [2.75, 3.05) is 0 Å². The SMILES string of the molecule is CC(C)Oc1ccc(C(N)C(C)C(=O)O)cc1. The van der Waals surface area contributed by atoms with E-state index in [0.717, 1.165) is 11.3 Å². The van der Waals surface area contributed by atoms with E-state index in [1.54, 1.807) is 6.92 Å². The monoisotopic (exact) mass is 237 g/mol. The van der Waals surface area contributed by atoms with Crippen LogP contribution in [0.4, 0.5) is 0 Å². The molecule has 0 aromatic heterocycles. The molecule has 0 fully saturated rings. The maximum atomic E-state index is 10.8. The van der Waals surface area contributed by atoms with Crippen molar-refractivity contribution in [3.05, 3.63) is 29.8 Å². The maximum absolute atomic E-state index is 10.8. The predicted molar refractivity (Wildman–Crippen MR) is 65.9 cm³/mol. The average molecular weight is 237 g/mol. The molecule has 3 N–H and O–H groups in total. The Balaban J connectivity index is 2.76. The van der Waals surface area contributed by atoms with Crippen LogP contribution in [0, 0.1) is 5.92 Å². The Bertz CT molecular complexity index is 373. The lowest BCUT2D eigenvalue weighted by Crippen LogP contribution is -2.25. The third-order valence-electron chi connectivity index (χ3n) is 2.56. The normalized spacial score (nSPS) is 14.4. The third kappa shape index (κ3) is 3.75. The number of hydrogen-bond acceptors (Lipinski definition) is 3. The molecule has 94 valence electrons. The summed E-state index contributed by atoms with van der Waals surface area (Å²) in [6.45, 7) is 5.50. The van der Waals surface area contributed by atoms with Gasteiger partial charge in [0.25, 0.3) is 0 Å². The van der Waals surface area contributed by atoms with Crippen molar-refractivity contribution in [3.63, 3.8) is 0 Å². The van der Waals surface area contributed by atoms with Crippen LogP contribution in [0.2, 0.25) is 0 Å². The van der Waals surface area contributed by atoms with Gasteiger partial charge in [-0.2, -0.15) is 0 Å². The van der Waals surface area contributed by atoms with Crippen LogP contribution in [0.25, 0.3) is 0 Å². The molecule has 2 atom stereocenters. The van der Waals surface area contributed by atoms with Gasteiger partial charge in [-0.1, -0.05) is 19.1 Å². The van der Waals surface area contributed by atoms with E-state index in [1.807, 2.05) is 38.1 Å². The molecule has 0 radical (unpaired) electrons. The highest BCUT2D eigenvalue weighted by Gasteiger charge is 2.21. The van der Waals surface area contributed by atoms with Gasteiger partial charge in [0.2, 0.25) is 0 Å². The molecule has 0 spiro atoms. The summed E-state index contributed by atoms with van der Waals surface area (Å²) in [5.41, 5.74) is 6.67. The van der Waals surface area contributed by atoms with Crippen LogP contribution >= 0.6 is 0 Å². The van der Waals surface area contributed by atoms with Crippen LogP contribution in [0.5, 0.6) is 5.75 Å². The summed E-state index contributed by atoms with van der Waals surface area (Å²) >= 11 is 0. The molecular formula is C13H19NO3. The summed E-state index contributed by atoms with van der Waals surface area (Å²) < 4.78 is 5.50. The molecule has 0 amide bonds. The molecule has 2 unspecified atom stereocenters. The Morgan fingerprint density at radius 3 is 2.18 bits per heavy atom. The van der Waals surface area contributed by atoms with Crippen molar-refractivity contribution in [3.8, 4) is 5.75 Å². The fraction of sp³-hybridized carbons (Fsp3) is 0.462. The lowest BCUT2D eigenvalue weighted by Gasteiger charge is -2.17. The van der Waals surface area contributed by atoms with Gasteiger partial charge in [0.05, 0.1) is 12.0 Å². The first-order valence-corrected chi connectivity index (χ1v) is 5.66. The molecule has 0 saturated heterocycles. The number of carboxylic acids is 1. The van der Waals surface area contributed by atoms with Gasteiger partial charge in [-0.25, -0.2) is 0 Å². The Kier molecular flexibility index (Phi) is 4.52. The molecule has 1 aromatic rings. The smallest absolute Gasteiger partial charge is 0.308 e. The van der Waals surface area contributed by atoms with Crippen LogP contribution in [0.1, 0.15) is 32.4 Å². The van der Waals surface area contributed by atoms with E-state index in [4.69, 9.17) is 15.6 Å². The second-order valence-electron chi connectivity index (χ2n) is 4.39. The molecule has 0 aliphatic heterocycles. The van der Waals surface area contributed by atoms with Gasteiger partial charge in [0.15, 0.2) is 0 Å². The van der Waals surface area contributed by atoms with Gasteiger partial charge < -0.3 is 15.6 Å². The molecular weight excluding hydrogens is 218 g/mol. The Morgan fingerprint density at radius 2 is 1.76 bits per heavy atom. The number of rotatable bonds is 5. The zero-order chi connectivity index (χ0) is 13.0. The van der Waals surface area contributed by atoms with Crippen molar-refractivity contribution in [2.24, 2.45) is 11.7 Å². The molecule has 17 heavy (non-hydrogen) atoms. The van der Waals surface area contributed by atoms with Crippen molar-refractivity contribution in [1.82, 2.24) is 0 Å². The zero-order valence-corrected chi connectivity index (χ0v) is 10.4. The second-order valence-corrected chi connectivity index (χ2v) is 4.39. The topological polar surface area (TPSA) is 72.5 Å². The van der Waals surface area contributed by atoms with Crippen LogP contribution in [0.3, 0.4) is 0 Å². The molecule has 0 heterocycles. The Labute approximate surface area is 101 Å². The van der Waals surface area contributed by atoms with E-state index in [9.17, 15) is 4.79 Å². The summed E-state index contributed by atoms with van der Waals surface area (Å²) in [7, 11) is 0. The summed E-state index contributed by atoms with van der Waals surface area (Å²) in [6, 6.07) is 6.73.